The second-order valence-corrected chi connectivity index (χ2v) is 1.46. The van der Waals surface area contributed by atoms with Crippen molar-refractivity contribution in [1.29, 1.82) is 0 Å². The van der Waals surface area contributed by atoms with Crippen LogP contribution in [0.5, 0.6) is 0 Å². The van der Waals surface area contributed by atoms with Gasteiger partial charge < -0.3 is 10.6 Å². The fourth-order valence-corrected chi connectivity index (χ4v) is 0.206. The Morgan fingerprint density at radius 3 is 2.67 bits per heavy atom. The molecule has 0 radical (unpaired) electrons. The number of carbonyl (C=O) groups excluding carboxylic acids is 1. The fraction of sp³-hybridized carbons (Fsp3) is 0.600. The number of amides is 1. The van der Waals surface area contributed by atoms with E-state index in [1.807, 2.05) is 0 Å². The third-order valence-corrected chi connectivity index (χ3v) is 0.687. The molecule has 0 aliphatic carbocycles. The van der Waals surface area contributed by atoms with E-state index in [0.717, 1.165) is 0 Å². The zero-order chi connectivity index (χ0) is 7.28. The van der Waals surface area contributed by atoms with E-state index in [2.05, 4.69) is 9.99 Å². The Balaban J connectivity index is 3.69. The van der Waals surface area contributed by atoms with E-state index >= 15 is 0 Å². The summed E-state index contributed by atoms with van der Waals surface area (Å²) in [6, 6.07) is 0. The number of primary amides is 1. The molecule has 0 heterocycles. The average molecular weight is 130 g/mol. The predicted molar refractivity (Wildman–Crippen MR) is 33.9 cm³/mol. The molecule has 1 amide bonds. The summed E-state index contributed by atoms with van der Waals surface area (Å²) in [5.74, 6) is -0.552. The quantitative estimate of drug-likeness (QED) is 0.427. The standard InChI is InChI=1S/C5H10N2O2/c1-3-9-7-4(2)5(6)8/h3H2,1-2H3,(H2,6,8)/b7-4-. The molecule has 4 nitrogen and oxygen atoms in total. The van der Waals surface area contributed by atoms with Gasteiger partial charge in [-0.1, -0.05) is 5.16 Å². The van der Waals surface area contributed by atoms with Crippen LogP contribution >= 0.6 is 0 Å². The van der Waals surface area contributed by atoms with Gasteiger partial charge in [-0.25, -0.2) is 0 Å². The van der Waals surface area contributed by atoms with E-state index in [0.29, 0.717) is 6.61 Å². The molecule has 0 aromatic carbocycles. The highest BCUT2D eigenvalue weighted by molar-refractivity contribution is 6.37. The van der Waals surface area contributed by atoms with E-state index in [9.17, 15) is 4.79 Å². The van der Waals surface area contributed by atoms with Gasteiger partial charge in [0.25, 0.3) is 5.91 Å². The SMILES string of the molecule is CCO/N=C(/C)C(N)=O. The molecule has 0 saturated carbocycles. The summed E-state index contributed by atoms with van der Waals surface area (Å²) in [4.78, 5) is 14.8. The third kappa shape index (κ3) is 3.52. The molecule has 2 N–H and O–H groups in total. The van der Waals surface area contributed by atoms with Crippen LogP contribution in [-0.2, 0) is 9.63 Å². The van der Waals surface area contributed by atoms with Gasteiger partial charge in [-0.2, -0.15) is 0 Å². The van der Waals surface area contributed by atoms with Crippen LogP contribution in [-0.4, -0.2) is 18.2 Å². The third-order valence-electron chi connectivity index (χ3n) is 0.687. The highest BCUT2D eigenvalue weighted by atomic mass is 16.6. The molecule has 0 aromatic heterocycles. The van der Waals surface area contributed by atoms with Crippen molar-refractivity contribution in [2.24, 2.45) is 10.9 Å². The van der Waals surface area contributed by atoms with Crippen molar-refractivity contribution in [2.75, 3.05) is 6.61 Å². The maximum absolute atomic E-state index is 10.2. The highest BCUT2D eigenvalue weighted by Gasteiger charge is 1.96. The molecule has 52 valence electrons. The van der Waals surface area contributed by atoms with E-state index < -0.39 is 5.91 Å². The summed E-state index contributed by atoms with van der Waals surface area (Å²) in [7, 11) is 0. The molecule has 0 fully saturated rings. The van der Waals surface area contributed by atoms with Crippen molar-refractivity contribution in [3.63, 3.8) is 0 Å². The number of hydrogen-bond donors (Lipinski definition) is 1. The maximum Gasteiger partial charge on any atom is 0.266 e. The summed E-state index contributed by atoms with van der Waals surface area (Å²) < 4.78 is 0. The van der Waals surface area contributed by atoms with Gasteiger partial charge in [0.05, 0.1) is 0 Å². The van der Waals surface area contributed by atoms with Gasteiger partial charge in [0, 0.05) is 0 Å². The molecule has 0 atom stereocenters. The molecule has 0 rings (SSSR count). The Labute approximate surface area is 53.7 Å². The lowest BCUT2D eigenvalue weighted by Crippen LogP contribution is -2.20. The van der Waals surface area contributed by atoms with Crippen molar-refractivity contribution >= 4 is 11.6 Å². The lowest BCUT2D eigenvalue weighted by molar-refractivity contribution is -0.112. The molecule has 4 heteroatoms. The molecule has 0 aliphatic heterocycles. The number of nitrogens with two attached hydrogens (primary N) is 1. The van der Waals surface area contributed by atoms with Crippen LogP contribution in [0.25, 0.3) is 0 Å². The number of hydrogen-bond acceptors (Lipinski definition) is 3. The van der Waals surface area contributed by atoms with Gasteiger partial charge in [-0.15, -0.1) is 0 Å². The van der Waals surface area contributed by atoms with Crippen LogP contribution in [0.15, 0.2) is 5.16 Å². The Morgan fingerprint density at radius 1 is 1.78 bits per heavy atom. The second-order valence-electron chi connectivity index (χ2n) is 1.46. The average Bonchev–Trinajstić information content (AvgIpc) is 1.82. The first-order valence-electron chi connectivity index (χ1n) is 2.64. The summed E-state index contributed by atoms with van der Waals surface area (Å²) in [5.41, 5.74) is 5.02. The Bertz CT molecular complexity index is 131. The second kappa shape index (κ2) is 3.88. The van der Waals surface area contributed by atoms with Crippen molar-refractivity contribution in [3.05, 3.63) is 0 Å². The van der Waals surface area contributed by atoms with Crippen LogP contribution in [0.3, 0.4) is 0 Å². The van der Waals surface area contributed by atoms with Gasteiger partial charge >= 0.3 is 0 Å². The molecule has 0 aromatic rings. The largest absolute Gasteiger partial charge is 0.396 e. The van der Waals surface area contributed by atoms with Crippen LogP contribution in [0.1, 0.15) is 13.8 Å². The Kier molecular flexibility index (Phi) is 3.43. The van der Waals surface area contributed by atoms with E-state index in [1.165, 1.54) is 6.92 Å². The molecular weight excluding hydrogens is 120 g/mol. The lowest BCUT2D eigenvalue weighted by atomic mass is 10.4. The minimum Gasteiger partial charge on any atom is -0.396 e. The smallest absolute Gasteiger partial charge is 0.266 e. The van der Waals surface area contributed by atoms with Gasteiger partial charge in [0.15, 0.2) is 0 Å². The number of oxime groups is 1. The maximum atomic E-state index is 10.2. The first-order chi connectivity index (χ1) is 4.18. The summed E-state index contributed by atoms with van der Waals surface area (Å²) >= 11 is 0. The number of carbonyl (C=O) groups is 1. The first-order valence-corrected chi connectivity index (χ1v) is 2.64. The molecule has 0 unspecified atom stereocenters. The minimum absolute atomic E-state index is 0.192. The van der Waals surface area contributed by atoms with Crippen LogP contribution < -0.4 is 5.73 Å². The fourth-order valence-electron chi connectivity index (χ4n) is 0.206. The minimum atomic E-state index is -0.552. The topological polar surface area (TPSA) is 64.7 Å². The van der Waals surface area contributed by atoms with Crippen LogP contribution in [0, 0.1) is 0 Å². The molecule has 0 saturated heterocycles. The monoisotopic (exact) mass is 130 g/mol. The van der Waals surface area contributed by atoms with Gasteiger partial charge in [-0.3, -0.25) is 4.79 Å². The molecule has 0 spiro atoms. The highest BCUT2D eigenvalue weighted by Crippen LogP contribution is 1.78. The summed E-state index contributed by atoms with van der Waals surface area (Å²) in [6.45, 7) is 3.72. The zero-order valence-electron chi connectivity index (χ0n) is 5.55. The molecule has 0 aliphatic rings. The van der Waals surface area contributed by atoms with Crippen LogP contribution in [0.2, 0.25) is 0 Å². The normalized spacial score (nSPS) is 11.1. The van der Waals surface area contributed by atoms with E-state index in [4.69, 9.17) is 5.73 Å². The number of rotatable bonds is 3. The summed E-state index contributed by atoms with van der Waals surface area (Å²) in [5, 5.41) is 3.38. The Hall–Kier alpha value is -1.06. The molecule has 0 bridgehead atoms. The Morgan fingerprint density at radius 2 is 2.33 bits per heavy atom. The van der Waals surface area contributed by atoms with Crippen molar-refractivity contribution in [1.82, 2.24) is 0 Å². The van der Waals surface area contributed by atoms with Gasteiger partial charge in [0.2, 0.25) is 0 Å². The molecular formula is C5H10N2O2. The molecule has 9 heavy (non-hydrogen) atoms. The van der Waals surface area contributed by atoms with Gasteiger partial charge in [-0.05, 0) is 13.8 Å². The van der Waals surface area contributed by atoms with Crippen LogP contribution in [0.4, 0.5) is 0 Å². The van der Waals surface area contributed by atoms with Crippen molar-refractivity contribution in [2.45, 2.75) is 13.8 Å². The summed E-state index contributed by atoms with van der Waals surface area (Å²) in [6.07, 6.45) is 0. The van der Waals surface area contributed by atoms with E-state index in [-0.39, 0.29) is 5.71 Å². The lowest BCUT2D eigenvalue weighted by Gasteiger charge is -1.92. The first kappa shape index (κ1) is 7.94. The zero-order valence-corrected chi connectivity index (χ0v) is 5.55. The van der Waals surface area contributed by atoms with E-state index in [1.54, 1.807) is 6.92 Å². The predicted octanol–water partition coefficient (Wildman–Crippen LogP) is -0.116. The van der Waals surface area contributed by atoms with Crippen molar-refractivity contribution in [3.8, 4) is 0 Å². The number of nitrogens with zero attached hydrogens (tertiary/aromatic N) is 1. The van der Waals surface area contributed by atoms with Gasteiger partial charge in [0.1, 0.15) is 12.3 Å². The van der Waals surface area contributed by atoms with Crippen molar-refractivity contribution < 1.29 is 9.63 Å².